The molecule has 0 fully saturated rings. The summed E-state index contributed by atoms with van der Waals surface area (Å²) in [4.78, 5) is 0. The molecule has 0 saturated carbocycles. The zero-order valence-corrected chi connectivity index (χ0v) is 9.90. The Labute approximate surface area is 100 Å². The van der Waals surface area contributed by atoms with Crippen LogP contribution in [0.4, 0.5) is 5.69 Å². The SMILES string of the molecule is COc1cc(-c2ccc(N)cc2C)ccc1O. The van der Waals surface area contributed by atoms with E-state index in [0.29, 0.717) is 5.75 Å². The first-order valence-electron chi connectivity index (χ1n) is 5.35. The van der Waals surface area contributed by atoms with Crippen LogP contribution in [-0.2, 0) is 0 Å². The average Bonchev–Trinajstić information content (AvgIpc) is 2.30. The number of aryl methyl sites for hydroxylation is 1. The highest BCUT2D eigenvalue weighted by Crippen LogP contribution is 2.33. The first-order valence-corrected chi connectivity index (χ1v) is 5.35. The first-order chi connectivity index (χ1) is 8.11. The summed E-state index contributed by atoms with van der Waals surface area (Å²) < 4.78 is 5.10. The number of hydrogen-bond donors (Lipinski definition) is 2. The molecule has 3 N–H and O–H groups in total. The Balaban J connectivity index is 2.53. The van der Waals surface area contributed by atoms with E-state index in [0.717, 1.165) is 22.4 Å². The molecule has 3 nitrogen and oxygen atoms in total. The molecule has 0 radical (unpaired) electrons. The minimum absolute atomic E-state index is 0.143. The molecule has 0 atom stereocenters. The van der Waals surface area contributed by atoms with Gasteiger partial charge < -0.3 is 15.6 Å². The van der Waals surface area contributed by atoms with Crippen molar-refractivity contribution < 1.29 is 9.84 Å². The van der Waals surface area contributed by atoms with Crippen LogP contribution in [0.25, 0.3) is 11.1 Å². The monoisotopic (exact) mass is 229 g/mol. The summed E-state index contributed by atoms with van der Waals surface area (Å²) >= 11 is 0. The normalized spacial score (nSPS) is 10.2. The Bertz CT molecular complexity index is 550. The number of ether oxygens (including phenoxy) is 1. The number of aromatic hydroxyl groups is 1. The molecule has 17 heavy (non-hydrogen) atoms. The maximum atomic E-state index is 9.55. The lowest BCUT2D eigenvalue weighted by Gasteiger charge is -2.09. The molecule has 0 amide bonds. The number of nitrogens with two attached hydrogens (primary N) is 1. The molecule has 2 aromatic carbocycles. The van der Waals surface area contributed by atoms with Crippen molar-refractivity contribution in [1.82, 2.24) is 0 Å². The lowest BCUT2D eigenvalue weighted by Crippen LogP contribution is -1.90. The number of benzene rings is 2. The standard InChI is InChI=1S/C14H15NO2/c1-9-7-11(15)4-5-12(9)10-3-6-13(16)14(8-10)17-2/h3-8,16H,15H2,1-2H3. The highest BCUT2D eigenvalue weighted by atomic mass is 16.5. The Morgan fingerprint density at radius 2 is 1.88 bits per heavy atom. The third kappa shape index (κ3) is 2.18. The van der Waals surface area contributed by atoms with E-state index in [-0.39, 0.29) is 5.75 Å². The van der Waals surface area contributed by atoms with Crippen LogP contribution in [-0.4, -0.2) is 12.2 Å². The third-order valence-electron chi connectivity index (χ3n) is 2.74. The Morgan fingerprint density at radius 1 is 1.12 bits per heavy atom. The van der Waals surface area contributed by atoms with E-state index in [9.17, 15) is 5.11 Å². The molecular formula is C14H15NO2. The van der Waals surface area contributed by atoms with Gasteiger partial charge in [-0.05, 0) is 47.9 Å². The van der Waals surface area contributed by atoms with Crippen LogP contribution in [0.15, 0.2) is 36.4 Å². The molecule has 0 aromatic heterocycles. The van der Waals surface area contributed by atoms with Crippen molar-refractivity contribution in [2.45, 2.75) is 6.92 Å². The summed E-state index contributed by atoms with van der Waals surface area (Å²) in [5.41, 5.74) is 9.64. The van der Waals surface area contributed by atoms with Crippen molar-refractivity contribution in [1.29, 1.82) is 0 Å². The van der Waals surface area contributed by atoms with E-state index in [1.54, 1.807) is 6.07 Å². The van der Waals surface area contributed by atoms with Gasteiger partial charge in [0.25, 0.3) is 0 Å². The predicted molar refractivity (Wildman–Crippen MR) is 69.2 cm³/mol. The smallest absolute Gasteiger partial charge is 0.161 e. The van der Waals surface area contributed by atoms with E-state index in [1.165, 1.54) is 7.11 Å². The minimum atomic E-state index is 0.143. The van der Waals surface area contributed by atoms with Crippen LogP contribution in [0.1, 0.15) is 5.56 Å². The lowest BCUT2D eigenvalue weighted by molar-refractivity contribution is 0.373. The fraction of sp³-hybridized carbons (Fsp3) is 0.143. The van der Waals surface area contributed by atoms with Gasteiger partial charge in [0.1, 0.15) is 0 Å². The Morgan fingerprint density at radius 3 is 2.53 bits per heavy atom. The molecule has 0 bridgehead atoms. The summed E-state index contributed by atoms with van der Waals surface area (Å²) in [5.74, 6) is 0.614. The number of nitrogen functional groups attached to an aromatic ring is 1. The van der Waals surface area contributed by atoms with E-state index >= 15 is 0 Å². The van der Waals surface area contributed by atoms with Crippen LogP contribution in [0, 0.1) is 6.92 Å². The second-order valence-corrected chi connectivity index (χ2v) is 3.96. The molecule has 0 aliphatic carbocycles. The van der Waals surface area contributed by atoms with Gasteiger partial charge in [0, 0.05) is 5.69 Å². The van der Waals surface area contributed by atoms with Gasteiger partial charge in [-0.15, -0.1) is 0 Å². The fourth-order valence-electron chi connectivity index (χ4n) is 1.86. The first kappa shape index (κ1) is 11.3. The van der Waals surface area contributed by atoms with Crippen LogP contribution < -0.4 is 10.5 Å². The zero-order valence-electron chi connectivity index (χ0n) is 9.90. The van der Waals surface area contributed by atoms with Crippen molar-refractivity contribution in [2.75, 3.05) is 12.8 Å². The van der Waals surface area contributed by atoms with Crippen LogP contribution in [0.3, 0.4) is 0 Å². The Hall–Kier alpha value is -2.16. The number of methoxy groups -OCH3 is 1. The van der Waals surface area contributed by atoms with E-state index in [2.05, 4.69) is 0 Å². The predicted octanol–water partition coefficient (Wildman–Crippen LogP) is 2.96. The van der Waals surface area contributed by atoms with Gasteiger partial charge in [0.2, 0.25) is 0 Å². The van der Waals surface area contributed by atoms with Crippen molar-refractivity contribution in [3.63, 3.8) is 0 Å². The molecule has 0 heterocycles. The van der Waals surface area contributed by atoms with Crippen molar-refractivity contribution in [2.24, 2.45) is 0 Å². The largest absolute Gasteiger partial charge is 0.504 e. The molecule has 0 spiro atoms. The summed E-state index contributed by atoms with van der Waals surface area (Å²) in [6.07, 6.45) is 0. The van der Waals surface area contributed by atoms with E-state index in [4.69, 9.17) is 10.5 Å². The summed E-state index contributed by atoms with van der Waals surface area (Å²) in [6, 6.07) is 11.1. The summed E-state index contributed by atoms with van der Waals surface area (Å²) in [5, 5.41) is 9.55. The molecule has 2 aromatic rings. The zero-order chi connectivity index (χ0) is 12.4. The number of hydrogen-bond acceptors (Lipinski definition) is 3. The second-order valence-electron chi connectivity index (χ2n) is 3.96. The van der Waals surface area contributed by atoms with Crippen molar-refractivity contribution in [3.8, 4) is 22.6 Å². The van der Waals surface area contributed by atoms with E-state index < -0.39 is 0 Å². The summed E-state index contributed by atoms with van der Waals surface area (Å²) in [6.45, 7) is 2.00. The van der Waals surface area contributed by atoms with Crippen LogP contribution >= 0.6 is 0 Å². The fourth-order valence-corrected chi connectivity index (χ4v) is 1.86. The molecule has 88 valence electrons. The molecular weight excluding hydrogens is 214 g/mol. The number of anilines is 1. The number of rotatable bonds is 2. The molecule has 0 aliphatic heterocycles. The highest BCUT2D eigenvalue weighted by molar-refractivity contribution is 5.71. The van der Waals surface area contributed by atoms with Gasteiger partial charge in [0.15, 0.2) is 11.5 Å². The van der Waals surface area contributed by atoms with Gasteiger partial charge in [-0.1, -0.05) is 12.1 Å². The highest BCUT2D eigenvalue weighted by Gasteiger charge is 2.06. The van der Waals surface area contributed by atoms with Crippen molar-refractivity contribution >= 4 is 5.69 Å². The Kier molecular flexibility index (Phi) is 2.91. The maximum absolute atomic E-state index is 9.55. The van der Waals surface area contributed by atoms with Gasteiger partial charge >= 0.3 is 0 Å². The summed E-state index contributed by atoms with van der Waals surface area (Å²) in [7, 11) is 1.54. The minimum Gasteiger partial charge on any atom is -0.504 e. The molecule has 3 heteroatoms. The lowest BCUT2D eigenvalue weighted by atomic mass is 10.00. The van der Waals surface area contributed by atoms with Crippen molar-refractivity contribution in [3.05, 3.63) is 42.0 Å². The molecule has 0 aliphatic rings. The molecule has 0 unspecified atom stereocenters. The van der Waals surface area contributed by atoms with Gasteiger partial charge in [0.05, 0.1) is 7.11 Å². The number of phenolic OH excluding ortho intramolecular Hbond substituents is 1. The van der Waals surface area contributed by atoms with Crippen LogP contribution in [0.2, 0.25) is 0 Å². The second kappa shape index (κ2) is 4.37. The van der Waals surface area contributed by atoms with Crippen LogP contribution in [0.5, 0.6) is 11.5 Å². The van der Waals surface area contributed by atoms with Gasteiger partial charge in [-0.3, -0.25) is 0 Å². The topological polar surface area (TPSA) is 55.5 Å². The average molecular weight is 229 g/mol. The van der Waals surface area contributed by atoms with Gasteiger partial charge in [-0.25, -0.2) is 0 Å². The molecule has 2 rings (SSSR count). The van der Waals surface area contributed by atoms with E-state index in [1.807, 2.05) is 37.3 Å². The maximum Gasteiger partial charge on any atom is 0.161 e. The quantitative estimate of drug-likeness (QED) is 0.778. The molecule has 0 saturated heterocycles. The van der Waals surface area contributed by atoms with Gasteiger partial charge in [-0.2, -0.15) is 0 Å². The number of phenols is 1. The third-order valence-corrected chi connectivity index (χ3v) is 2.74.